The fraction of sp³-hybridized carbons (Fsp3) is 0.917. The van der Waals surface area contributed by atoms with Crippen molar-refractivity contribution in [3.05, 3.63) is 0 Å². The maximum atomic E-state index is 12.1. The Morgan fingerprint density at radius 3 is 3.00 bits per heavy atom. The summed E-state index contributed by atoms with van der Waals surface area (Å²) in [7, 11) is 0. The highest BCUT2D eigenvalue weighted by Crippen LogP contribution is 2.25. The first-order valence-electron chi connectivity index (χ1n) is 6.26. The van der Waals surface area contributed by atoms with Crippen LogP contribution in [-0.4, -0.2) is 41.6 Å². The van der Waals surface area contributed by atoms with Gasteiger partial charge in [-0.25, -0.2) is 0 Å². The minimum atomic E-state index is 0.0778. The van der Waals surface area contributed by atoms with Gasteiger partial charge in [0.25, 0.3) is 0 Å². The predicted molar refractivity (Wildman–Crippen MR) is 68.4 cm³/mol. The molecule has 0 aliphatic carbocycles. The van der Waals surface area contributed by atoms with Crippen molar-refractivity contribution < 1.29 is 4.79 Å². The molecule has 2 aliphatic heterocycles. The Hall–Kier alpha value is -0.220. The molecule has 0 spiro atoms. The van der Waals surface area contributed by atoms with Crippen LogP contribution in [0.1, 0.15) is 26.7 Å². The van der Waals surface area contributed by atoms with Gasteiger partial charge in [0, 0.05) is 6.54 Å². The van der Waals surface area contributed by atoms with E-state index in [1.54, 1.807) is 0 Å². The minimum Gasteiger partial charge on any atom is -0.328 e. The number of nitrogens with one attached hydrogen (secondary N) is 1. The Morgan fingerprint density at radius 2 is 2.38 bits per heavy atom. The number of hydrogen-bond donors (Lipinski definition) is 1. The Labute approximate surface area is 102 Å². The van der Waals surface area contributed by atoms with Crippen LogP contribution in [-0.2, 0) is 4.79 Å². The molecule has 0 radical (unpaired) electrons. The molecule has 1 N–H and O–H groups in total. The first kappa shape index (κ1) is 12.2. The highest BCUT2D eigenvalue weighted by Gasteiger charge is 2.33. The van der Waals surface area contributed by atoms with Crippen molar-refractivity contribution in [2.24, 2.45) is 11.8 Å². The number of nitrogens with zero attached hydrogens (tertiary/aromatic N) is 1. The molecule has 0 bridgehead atoms. The first-order valence-corrected chi connectivity index (χ1v) is 7.42. The van der Waals surface area contributed by atoms with Gasteiger partial charge in [-0.1, -0.05) is 13.8 Å². The topological polar surface area (TPSA) is 32.3 Å². The molecule has 2 atom stereocenters. The number of rotatable bonds is 4. The summed E-state index contributed by atoms with van der Waals surface area (Å²) in [6.07, 6.45) is 2.25. The number of amides is 1. The van der Waals surface area contributed by atoms with E-state index in [4.69, 9.17) is 0 Å². The van der Waals surface area contributed by atoms with E-state index in [1.807, 2.05) is 16.7 Å². The fourth-order valence-corrected chi connectivity index (χ4v) is 3.73. The number of thioether (sulfide) groups is 1. The third-order valence-corrected chi connectivity index (χ3v) is 4.58. The van der Waals surface area contributed by atoms with E-state index in [-0.39, 0.29) is 6.04 Å². The third kappa shape index (κ3) is 2.92. The Morgan fingerprint density at radius 1 is 1.56 bits per heavy atom. The molecular weight excluding hydrogens is 220 g/mol. The first-order chi connectivity index (χ1) is 7.66. The van der Waals surface area contributed by atoms with Gasteiger partial charge in [-0.15, -0.1) is 0 Å². The smallest absolute Gasteiger partial charge is 0.240 e. The second-order valence-electron chi connectivity index (χ2n) is 5.33. The molecule has 0 aromatic carbocycles. The zero-order valence-electron chi connectivity index (χ0n) is 10.2. The fourth-order valence-electron chi connectivity index (χ4n) is 2.46. The molecule has 1 amide bonds. The normalized spacial score (nSPS) is 30.7. The van der Waals surface area contributed by atoms with Crippen LogP contribution in [0.25, 0.3) is 0 Å². The second kappa shape index (κ2) is 5.41. The van der Waals surface area contributed by atoms with Gasteiger partial charge in [0.05, 0.1) is 12.7 Å². The Kier molecular flexibility index (Phi) is 4.14. The van der Waals surface area contributed by atoms with E-state index in [0.29, 0.717) is 11.8 Å². The summed E-state index contributed by atoms with van der Waals surface area (Å²) in [6.45, 7) is 6.07. The summed E-state index contributed by atoms with van der Waals surface area (Å²) in [4.78, 5) is 14.1. The SMILES string of the molecule is CC(C)CC1NCN(CC2CCSC2)C1=O. The standard InChI is InChI=1S/C12H22N2OS/c1-9(2)5-11-12(15)14(8-13-11)6-10-3-4-16-7-10/h9-11,13H,3-8H2,1-2H3. The highest BCUT2D eigenvalue weighted by molar-refractivity contribution is 7.99. The van der Waals surface area contributed by atoms with E-state index >= 15 is 0 Å². The zero-order valence-corrected chi connectivity index (χ0v) is 11.1. The summed E-state index contributed by atoms with van der Waals surface area (Å²) in [5, 5.41) is 3.33. The maximum absolute atomic E-state index is 12.1. The lowest BCUT2D eigenvalue weighted by atomic mass is 10.0. The summed E-state index contributed by atoms with van der Waals surface area (Å²) < 4.78 is 0. The lowest BCUT2D eigenvalue weighted by Crippen LogP contribution is -2.34. The molecule has 2 unspecified atom stereocenters. The van der Waals surface area contributed by atoms with Crippen LogP contribution in [0.5, 0.6) is 0 Å². The van der Waals surface area contributed by atoms with Crippen molar-refractivity contribution in [2.45, 2.75) is 32.7 Å². The summed E-state index contributed by atoms with van der Waals surface area (Å²) in [5.41, 5.74) is 0. The van der Waals surface area contributed by atoms with E-state index in [1.165, 1.54) is 17.9 Å². The molecule has 0 saturated carbocycles. The van der Waals surface area contributed by atoms with Gasteiger partial charge in [-0.2, -0.15) is 11.8 Å². The third-order valence-electron chi connectivity index (χ3n) is 3.35. The van der Waals surface area contributed by atoms with E-state index in [2.05, 4.69) is 19.2 Å². The molecular formula is C12H22N2OS. The molecule has 16 heavy (non-hydrogen) atoms. The molecule has 4 heteroatoms. The molecule has 0 aromatic rings. The average molecular weight is 242 g/mol. The minimum absolute atomic E-state index is 0.0778. The van der Waals surface area contributed by atoms with Crippen molar-refractivity contribution in [2.75, 3.05) is 24.7 Å². The van der Waals surface area contributed by atoms with Crippen LogP contribution in [0.15, 0.2) is 0 Å². The molecule has 2 aliphatic rings. The van der Waals surface area contributed by atoms with E-state index in [9.17, 15) is 4.79 Å². The Balaban J connectivity index is 1.81. The van der Waals surface area contributed by atoms with Crippen LogP contribution in [0.4, 0.5) is 0 Å². The largest absolute Gasteiger partial charge is 0.328 e. The van der Waals surface area contributed by atoms with Crippen molar-refractivity contribution in [1.29, 1.82) is 0 Å². The van der Waals surface area contributed by atoms with Gasteiger partial charge < -0.3 is 4.90 Å². The summed E-state index contributed by atoms with van der Waals surface area (Å²) in [5.74, 6) is 4.15. The molecule has 3 nitrogen and oxygen atoms in total. The lowest BCUT2D eigenvalue weighted by Gasteiger charge is -2.19. The summed E-state index contributed by atoms with van der Waals surface area (Å²) >= 11 is 2.02. The van der Waals surface area contributed by atoms with Gasteiger partial charge in [-0.3, -0.25) is 10.1 Å². The zero-order chi connectivity index (χ0) is 11.5. The predicted octanol–water partition coefficient (Wildman–Crippen LogP) is 1.54. The van der Waals surface area contributed by atoms with E-state index < -0.39 is 0 Å². The van der Waals surface area contributed by atoms with Crippen molar-refractivity contribution >= 4 is 17.7 Å². The molecule has 2 rings (SSSR count). The highest BCUT2D eigenvalue weighted by atomic mass is 32.2. The van der Waals surface area contributed by atoms with Gasteiger partial charge >= 0.3 is 0 Å². The van der Waals surface area contributed by atoms with Crippen LogP contribution >= 0.6 is 11.8 Å². The Bertz CT molecular complexity index is 251. The van der Waals surface area contributed by atoms with Gasteiger partial charge in [0.1, 0.15) is 0 Å². The quantitative estimate of drug-likeness (QED) is 0.812. The summed E-state index contributed by atoms with van der Waals surface area (Å²) in [6, 6.07) is 0.0778. The molecule has 2 fully saturated rings. The molecule has 92 valence electrons. The monoisotopic (exact) mass is 242 g/mol. The van der Waals surface area contributed by atoms with Gasteiger partial charge in [0.15, 0.2) is 0 Å². The molecule has 0 aromatic heterocycles. The number of carbonyl (C=O) groups is 1. The van der Waals surface area contributed by atoms with Gasteiger partial charge in [-0.05, 0) is 36.2 Å². The van der Waals surface area contributed by atoms with Crippen LogP contribution in [0, 0.1) is 11.8 Å². The van der Waals surface area contributed by atoms with Crippen molar-refractivity contribution in [3.63, 3.8) is 0 Å². The van der Waals surface area contributed by atoms with Gasteiger partial charge in [0.2, 0.25) is 5.91 Å². The molecule has 2 heterocycles. The second-order valence-corrected chi connectivity index (χ2v) is 6.48. The number of carbonyl (C=O) groups excluding carboxylic acids is 1. The van der Waals surface area contributed by atoms with Crippen LogP contribution < -0.4 is 5.32 Å². The van der Waals surface area contributed by atoms with E-state index in [0.717, 1.165) is 25.6 Å². The van der Waals surface area contributed by atoms with Crippen molar-refractivity contribution in [3.8, 4) is 0 Å². The van der Waals surface area contributed by atoms with Crippen LogP contribution in [0.3, 0.4) is 0 Å². The molecule has 2 saturated heterocycles. The lowest BCUT2D eigenvalue weighted by molar-refractivity contribution is -0.129. The average Bonchev–Trinajstić information content (AvgIpc) is 2.82. The maximum Gasteiger partial charge on any atom is 0.240 e. The van der Waals surface area contributed by atoms with Crippen LogP contribution in [0.2, 0.25) is 0 Å². The number of hydrogen-bond acceptors (Lipinski definition) is 3. The van der Waals surface area contributed by atoms with Crippen molar-refractivity contribution in [1.82, 2.24) is 10.2 Å².